The van der Waals surface area contributed by atoms with Gasteiger partial charge in [-0.05, 0) is 18.9 Å². The lowest BCUT2D eigenvalue weighted by Crippen LogP contribution is -2.45. The van der Waals surface area contributed by atoms with Gasteiger partial charge < -0.3 is 15.7 Å². The number of allylic oxidation sites excluding steroid dienone is 1. The molecule has 1 unspecified atom stereocenters. The zero-order valence-corrected chi connectivity index (χ0v) is 10.9. The molecule has 0 fully saturated rings. The number of rotatable bonds is 3. The summed E-state index contributed by atoms with van der Waals surface area (Å²) in [6.45, 7) is 3.74. The average molecular weight is 260 g/mol. The lowest BCUT2D eigenvalue weighted by molar-refractivity contribution is -0.133. The Labute approximate surface area is 111 Å². The molecule has 1 aromatic carbocycles. The molecule has 1 aliphatic heterocycles. The third-order valence-electron chi connectivity index (χ3n) is 3.11. The highest BCUT2D eigenvalue weighted by atomic mass is 16.4. The Bertz CT molecular complexity index is 564. The molecule has 0 aromatic heterocycles. The molecule has 3 N–H and O–H groups in total. The van der Waals surface area contributed by atoms with Gasteiger partial charge in [0.05, 0.1) is 11.6 Å². The molecule has 1 aliphatic rings. The van der Waals surface area contributed by atoms with Crippen LogP contribution in [0.2, 0.25) is 0 Å². The van der Waals surface area contributed by atoms with Gasteiger partial charge in [-0.25, -0.2) is 9.59 Å². The SMILES string of the molecule is CCC1=C(C(=O)O)C(c2cccc(C)c2)NC(=O)N1. The first kappa shape index (κ1) is 13.1. The molecule has 5 nitrogen and oxygen atoms in total. The van der Waals surface area contributed by atoms with Crippen molar-refractivity contribution in [1.82, 2.24) is 10.6 Å². The van der Waals surface area contributed by atoms with Crippen LogP contribution in [0, 0.1) is 6.92 Å². The summed E-state index contributed by atoms with van der Waals surface area (Å²) in [4.78, 5) is 23.1. The number of carbonyl (C=O) groups is 2. The first-order valence-corrected chi connectivity index (χ1v) is 6.13. The number of carbonyl (C=O) groups excluding carboxylic acids is 1. The lowest BCUT2D eigenvalue weighted by Gasteiger charge is -2.28. The van der Waals surface area contributed by atoms with Gasteiger partial charge in [0, 0.05) is 5.70 Å². The van der Waals surface area contributed by atoms with Crippen molar-refractivity contribution in [3.63, 3.8) is 0 Å². The van der Waals surface area contributed by atoms with Crippen LogP contribution in [-0.4, -0.2) is 17.1 Å². The molecule has 2 amide bonds. The van der Waals surface area contributed by atoms with Gasteiger partial charge in [0.15, 0.2) is 0 Å². The second-order valence-electron chi connectivity index (χ2n) is 4.50. The van der Waals surface area contributed by atoms with E-state index in [1.54, 1.807) is 0 Å². The maximum Gasteiger partial charge on any atom is 0.335 e. The van der Waals surface area contributed by atoms with Crippen molar-refractivity contribution in [3.05, 3.63) is 46.7 Å². The van der Waals surface area contributed by atoms with Crippen molar-refractivity contribution in [1.29, 1.82) is 0 Å². The second kappa shape index (κ2) is 5.14. The third-order valence-corrected chi connectivity index (χ3v) is 3.11. The molecule has 1 aromatic rings. The van der Waals surface area contributed by atoms with Crippen LogP contribution in [0.3, 0.4) is 0 Å². The summed E-state index contributed by atoms with van der Waals surface area (Å²) in [6.07, 6.45) is 0.470. The Morgan fingerprint density at radius 3 is 2.74 bits per heavy atom. The molecule has 5 heteroatoms. The highest BCUT2D eigenvalue weighted by Crippen LogP contribution is 2.28. The van der Waals surface area contributed by atoms with Crippen molar-refractivity contribution in [2.24, 2.45) is 0 Å². The van der Waals surface area contributed by atoms with E-state index in [1.807, 2.05) is 38.1 Å². The molecule has 1 heterocycles. The number of nitrogens with one attached hydrogen (secondary N) is 2. The van der Waals surface area contributed by atoms with Gasteiger partial charge in [-0.1, -0.05) is 36.8 Å². The number of urea groups is 1. The van der Waals surface area contributed by atoms with Gasteiger partial charge in [0.2, 0.25) is 0 Å². The van der Waals surface area contributed by atoms with Crippen molar-refractivity contribution in [2.45, 2.75) is 26.3 Å². The minimum Gasteiger partial charge on any atom is -0.478 e. The van der Waals surface area contributed by atoms with Crippen LogP contribution in [0.25, 0.3) is 0 Å². The molecular formula is C14H16N2O3. The Morgan fingerprint density at radius 2 is 2.16 bits per heavy atom. The van der Waals surface area contributed by atoms with Crippen LogP contribution in [0.4, 0.5) is 4.79 Å². The van der Waals surface area contributed by atoms with Gasteiger partial charge in [-0.3, -0.25) is 0 Å². The smallest absolute Gasteiger partial charge is 0.335 e. The molecule has 1 atom stereocenters. The average Bonchev–Trinajstić information content (AvgIpc) is 2.37. The number of aliphatic carboxylic acids is 1. The van der Waals surface area contributed by atoms with Crippen LogP contribution in [0.5, 0.6) is 0 Å². The summed E-state index contributed by atoms with van der Waals surface area (Å²) in [5.74, 6) is -1.02. The topological polar surface area (TPSA) is 78.4 Å². The molecule has 0 spiro atoms. The number of benzene rings is 1. The Hall–Kier alpha value is -2.30. The van der Waals surface area contributed by atoms with Gasteiger partial charge >= 0.3 is 12.0 Å². The fraction of sp³-hybridized carbons (Fsp3) is 0.286. The van der Waals surface area contributed by atoms with Gasteiger partial charge in [-0.2, -0.15) is 0 Å². The fourth-order valence-electron chi connectivity index (χ4n) is 2.25. The summed E-state index contributed by atoms with van der Waals surface area (Å²) in [6, 6.07) is 6.50. The van der Waals surface area contributed by atoms with Crippen molar-refractivity contribution in [3.8, 4) is 0 Å². The van der Waals surface area contributed by atoms with E-state index in [4.69, 9.17) is 0 Å². The molecule has 0 bridgehead atoms. The summed E-state index contributed by atoms with van der Waals surface area (Å²) >= 11 is 0. The van der Waals surface area contributed by atoms with E-state index >= 15 is 0 Å². The van der Waals surface area contributed by atoms with Gasteiger partial charge in [0.25, 0.3) is 0 Å². The number of amides is 2. The highest BCUT2D eigenvalue weighted by Gasteiger charge is 2.31. The predicted octanol–water partition coefficient (Wildman–Crippen LogP) is 2.10. The van der Waals surface area contributed by atoms with Crippen LogP contribution >= 0.6 is 0 Å². The number of aryl methyl sites for hydroxylation is 1. The minimum absolute atomic E-state index is 0.202. The number of carboxylic acid groups (broad SMARTS) is 1. The Balaban J connectivity index is 2.52. The maximum atomic E-state index is 11.6. The van der Waals surface area contributed by atoms with Crippen molar-refractivity contribution < 1.29 is 14.7 Å². The Kier molecular flexibility index (Phi) is 3.55. The van der Waals surface area contributed by atoms with Gasteiger partial charge in [0.1, 0.15) is 0 Å². The Morgan fingerprint density at radius 1 is 1.42 bits per heavy atom. The molecule has 0 radical (unpaired) electrons. The maximum absolute atomic E-state index is 11.6. The van der Waals surface area contributed by atoms with E-state index in [9.17, 15) is 14.7 Å². The van der Waals surface area contributed by atoms with E-state index in [0.29, 0.717) is 12.1 Å². The molecule has 0 saturated heterocycles. The number of carboxylic acids is 1. The summed E-state index contributed by atoms with van der Waals surface area (Å²) < 4.78 is 0. The monoisotopic (exact) mass is 260 g/mol. The predicted molar refractivity (Wildman–Crippen MR) is 70.5 cm³/mol. The molecule has 19 heavy (non-hydrogen) atoms. The zero-order chi connectivity index (χ0) is 14.0. The quantitative estimate of drug-likeness (QED) is 0.778. The third kappa shape index (κ3) is 2.59. The van der Waals surface area contributed by atoms with E-state index in [1.165, 1.54) is 0 Å². The van der Waals surface area contributed by atoms with Crippen LogP contribution in [0.1, 0.15) is 30.5 Å². The normalized spacial score (nSPS) is 18.8. The van der Waals surface area contributed by atoms with E-state index in [2.05, 4.69) is 10.6 Å². The summed E-state index contributed by atoms with van der Waals surface area (Å²) in [5.41, 5.74) is 2.46. The summed E-state index contributed by atoms with van der Waals surface area (Å²) in [5, 5.41) is 14.6. The molecule has 2 rings (SSSR count). The van der Waals surface area contributed by atoms with E-state index < -0.39 is 12.0 Å². The van der Waals surface area contributed by atoms with Crippen molar-refractivity contribution in [2.75, 3.05) is 0 Å². The van der Waals surface area contributed by atoms with Crippen molar-refractivity contribution >= 4 is 12.0 Å². The first-order chi connectivity index (χ1) is 9.02. The lowest BCUT2D eigenvalue weighted by atomic mass is 9.93. The molecule has 0 aliphatic carbocycles. The largest absolute Gasteiger partial charge is 0.478 e. The number of hydrogen-bond donors (Lipinski definition) is 3. The fourth-order valence-corrected chi connectivity index (χ4v) is 2.25. The first-order valence-electron chi connectivity index (χ1n) is 6.13. The molecular weight excluding hydrogens is 244 g/mol. The number of hydrogen-bond acceptors (Lipinski definition) is 2. The van der Waals surface area contributed by atoms with Crippen LogP contribution in [0.15, 0.2) is 35.5 Å². The van der Waals surface area contributed by atoms with E-state index in [-0.39, 0.29) is 11.6 Å². The highest BCUT2D eigenvalue weighted by molar-refractivity contribution is 5.93. The molecule has 0 saturated carbocycles. The van der Waals surface area contributed by atoms with Gasteiger partial charge in [-0.15, -0.1) is 0 Å². The second-order valence-corrected chi connectivity index (χ2v) is 4.50. The van der Waals surface area contributed by atoms with E-state index in [0.717, 1.165) is 11.1 Å². The zero-order valence-electron chi connectivity index (χ0n) is 10.9. The minimum atomic E-state index is -1.02. The van der Waals surface area contributed by atoms with Crippen LogP contribution < -0.4 is 10.6 Å². The summed E-state index contributed by atoms with van der Waals surface area (Å²) in [7, 11) is 0. The standard InChI is InChI=1S/C14H16N2O3/c1-3-10-11(13(17)18)12(16-14(19)15-10)9-6-4-5-8(2)7-9/h4-7,12H,3H2,1-2H3,(H,17,18)(H2,15,16,19). The molecule has 100 valence electrons. The van der Waals surface area contributed by atoms with Crippen LogP contribution in [-0.2, 0) is 4.79 Å².